The van der Waals surface area contributed by atoms with Crippen LogP contribution >= 0.6 is 0 Å². The van der Waals surface area contributed by atoms with Gasteiger partial charge in [0.15, 0.2) is 0 Å². The van der Waals surface area contributed by atoms with Crippen LogP contribution in [0.3, 0.4) is 0 Å². The maximum Gasteiger partial charge on any atom is 0.0772 e. The molecular formula is C13H26OSi. The zero-order valence-electron chi connectivity index (χ0n) is 11.0. The van der Waals surface area contributed by atoms with Crippen molar-refractivity contribution in [3.05, 3.63) is 23.4 Å². The maximum atomic E-state index is 5.11. The molecule has 0 saturated carbocycles. The van der Waals surface area contributed by atoms with Gasteiger partial charge in [-0.3, -0.25) is 0 Å². The van der Waals surface area contributed by atoms with Crippen LogP contribution in [0.2, 0.25) is 19.6 Å². The number of rotatable bonds is 7. The average Bonchev–Trinajstić information content (AvgIpc) is 2.15. The van der Waals surface area contributed by atoms with Gasteiger partial charge in [0, 0.05) is 7.11 Å². The van der Waals surface area contributed by atoms with Gasteiger partial charge >= 0.3 is 0 Å². The largest absolute Gasteiger partial charge is 0.381 e. The first-order valence-electron chi connectivity index (χ1n) is 5.88. The van der Waals surface area contributed by atoms with E-state index in [4.69, 9.17) is 4.74 Å². The molecule has 0 heterocycles. The topological polar surface area (TPSA) is 9.23 Å². The quantitative estimate of drug-likeness (QED) is 0.359. The fourth-order valence-corrected chi connectivity index (χ4v) is 2.64. The summed E-state index contributed by atoms with van der Waals surface area (Å²) in [4.78, 5) is 0. The van der Waals surface area contributed by atoms with Crippen LogP contribution in [0.4, 0.5) is 0 Å². The highest BCUT2D eigenvalue weighted by molar-refractivity contribution is 6.83. The summed E-state index contributed by atoms with van der Waals surface area (Å²) >= 11 is 0. The Balaban J connectivity index is 4.32. The molecule has 0 amide bonds. The van der Waals surface area contributed by atoms with Crippen LogP contribution in [-0.4, -0.2) is 21.8 Å². The lowest BCUT2D eigenvalue weighted by molar-refractivity contribution is 0.233. The highest BCUT2D eigenvalue weighted by Crippen LogP contribution is 2.16. The summed E-state index contributed by atoms with van der Waals surface area (Å²) in [5, 5.41) is 1.50. The number of hydrogen-bond acceptors (Lipinski definition) is 1. The third kappa shape index (κ3) is 7.57. The van der Waals surface area contributed by atoms with Crippen molar-refractivity contribution in [1.29, 1.82) is 0 Å². The molecule has 0 aromatic heterocycles. The summed E-state index contributed by atoms with van der Waals surface area (Å²) in [5.74, 6) is 0. The minimum absolute atomic E-state index is 0.734. The predicted octanol–water partition coefficient (Wildman–Crippen LogP) is 4.18. The molecule has 0 aliphatic heterocycles. The van der Waals surface area contributed by atoms with Gasteiger partial charge in [-0.15, -0.1) is 0 Å². The van der Waals surface area contributed by atoms with Crippen LogP contribution in [0.25, 0.3) is 0 Å². The van der Waals surface area contributed by atoms with Crippen molar-refractivity contribution in [2.45, 2.75) is 45.8 Å². The third-order valence-corrected chi connectivity index (χ3v) is 4.46. The molecular weight excluding hydrogens is 200 g/mol. The van der Waals surface area contributed by atoms with E-state index in [2.05, 4.69) is 44.8 Å². The molecule has 1 nitrogen and oxygen atoms in total. The second kappa shape index (κ2) is 7.89. The van der Waals surface area contributed by atoms with Gasteiger partial charge < -0.3 is 4.74 Å². The van der Waals surface area contributed by atoms with Crippen LogP contribution in [0.15, 0.2) is 23.4 Å². The monoisotopic (exact) mass is 226 g/mol. The number of hydrogen-bond donors (Lipinski definition) is 0. The van der Waals surface area contributed by atoms with E-state index in [1.165, 1.54) is 24.5 Å². The Kier molecular flexibility index (Phi) is 7.70. The van der Waals surface area contributed by atoms with Gasteiger partial charge in [0.25, 0.3) is 0 Å². The van der Waals surface area contributed by atoms with Crippen molar-refractivity contribution in [3.63, 3.8) is 0 Å². The highest BCUT2D eigenvalue weighted by Gasteiger charge is 2.16. The van der Waals surface area contributed by atoms with E-state index in [0.717, 1.165) is 6.61 Å². The molecule has 0 aromatic carbocycles. The third-order valence-electron chi connectivity index (χ3n) is 2.36. The van der Waals surface area contributed by atoms with Gasteiger partial charge in [-0.05, 0) is 6.42 Å². The van der Waals surface area contributed by atoms with Crippen LogP contribution in [0.5, 0.6) is 0 Å². The maximum absolute atomic E-state index is 5.11. The molecule has 2 heteroatoms. The zero-order chi connectivity index (χ0) is 11.7. The molecule has 0 fully saturated rings. The Labute approximate surface area is 96.2 Å². The second-order valence-corrected chi connectivity index (χ2v) is 9.99. The minimum Gasteiger partial charge on any atom is -0.381 e. The summed E-state index contributed by atoms with van der Waals surface area (Å²) in [6.07, 6.45) is 10.6. The molecule has 0 N–H and O–H groups in total. The van der Waals surface area contributed by atoms with E-state index in [9.17, 15) is 0 Å². The van der Waals surface area contributed by atoms with E-state index in [-0.39, 0.29) is 0 Å². The van der Waals surface area contributed by atoms with Crippen molar-refractivity contribution >= 4 is 8.07 Å². The van der Waals surface area contributed by atoms with Crippen molar-refractivity contribution in [2.75, 3.05) is 13.7 Å². The lowest BCUT2D eigenvalue weighted by atomic mass is 10.2. The average molecular weight is 226 g/mol. The second-order valence-electron chi connectivity index (χ2n) is 4.91. The molecule has 0 bridgehead atoms. The van der Waals surface area contributed by atoms with Crippen LogP contribution in [-0.2, 0) is 4.74 Å². The summed E-state index contributed by atoms with van der Waals surface area (Å²) in [6.45, 7) is 10.1. The zero-order valence-corrected chi connectivity index (χ0v) is 12.0. The van der Waals surface area contributed by atoms with Crippen LogP contribution in [0.1, 0.15) is 26.2 Å². The van der Waals surface area contributed by atoms with E-state index in [1.807, 2.05) is 0 Å². The summed E-state index contributed by atoms with van der Waals surface area (Å²) in [7, 11) is 0.559. The molecule has 0 aliphatic carbocycles. The number of unbranched alkanes of at least 4 members (excludes halogenated alkanes) is 2. The molecule has 0 aromatic rings. The Morgan fingerprint density at radius 1 is 1.27 bits per heavy atom. The molecule has 0 radical (unpaired) electrons. The van der Waals surface area contributed by atoms with Gasteiger partial charge in [-0.1, -0.05) is 62.8 Å². The molecule has 0 unspecified atom stereocenters. The van der Waals surface area contributed by atoms with Gasteiger partial charge in [0.1, 0.15) is 0 Å². The van der Waals surface area contributed by atoms with E-state index >= 15 is 0 Å². The predicted molar refractivity (Wildman–Crippen MR) is 72.0 cm³/mol. The Morgan fingerprint density at radius 3 is 2.40 bits per heavy atom. The lowest BCUT2D eigenvalue weighted by Crippen LogP contribution is -2.23. The van der Waals surface area contributed by atoms with Gasteiger partial charge in [-0.2, -0.15) is 0 Å². The normalized spacial score (nSPS) is 13.8. The first-order valence-corrected chi connectivity index (χ1v) is 9.38. The number of ether oxygens (including phenoxy) is 1. The van der Waals surface area contributed by atoms with Crippen molar-refractivity contribution in [2.24, 2.45) is 0 Å². The van der Waals surface area contributed by atoms with E-state index < -0.39 is 8.07 Å². The van der Waals surface area contributed by atoms with E-state index in [0.29, 0.717) is 0 Å². The highest BCUT2D eigenvalue weighted by atomic mass is 28.3. The fourth-order valence-electron chi connectivity index (χ4n) is 1.33. The smallest absolute Gasteiger partial charge is 0.0772 e. The Morgan fingerprint density at radius 2 is 1.93 bits per heavy atom. The summed E-state index contributed by atoms with van der Waals surface area (Å²) in [5.41, 5.74) is 0. The van der Waals surface area contributed by atoms with Crippen LogP contribution < -0.4 is 0 Å². The molecule has 0 saturated heterocycles. The summed E-state index contributed by atoms with van der Waals surface area (Å²) in [6, 6.07) is 0. The van der Waals surface area contributed by atoms with Crippen molar-refractivity contribution in [3.8, 4) is 0 Å². The Bertz CT molecular complexity index is 211. The SMILES string of the molecule is CCCC/C=C/C(=C/COC)[Si](C)(C)C. The van der Waals surface area contributed by atoms with Gasteiger partial charge in [-0.25, -0.2) is 0 Å². The molecule has 0 rings (SSSR count). The van der Waals surface area contributed by atoms with Crippen LogP contribution in [0, 0.1) is 0 Å². The van der Waals surface area contributed by atoms with Gasteiger partial charge in [0.2, 0.25) is 0 Å². The van der Waals surface area contributed by atoms with Gasteiger partial charge in [0.05, 0.1) is 14.7 Å². The fraction of sp³-hybridized carbons (Fsp3) is 0.692. The molecule has 15 heavy (non-hydrogen) atoms. The first-order chi connectivity index (χ1) is 7.02. The lowest BCUT2D eigenvalue weighted by Gasteiger charge is -2.18. The van der Waals surface area contributed by atoms with Crippen molar-refractivity contribution < 1.29 is 4.74 Å². The number of allylic oxidation sites excluding steroid dienone is 3. The number of methoxy groups -OCH3 is 1. The molecule has 0 spiro atoms. The standard InChI is InChI=1S/C13H26OSi/c1-6-7-8-9-10-13(11-12-14-2)15(3,4)5/h9-11H,6-8,12H2,1-5H3/b10-9+,13-11-. The van der Waals surface area contributed by atoms with E-state index in [1.54, 1.807) is 7.11 Å². The minimum atomic E-state index is -1.19. The Hall–Kier alpha value is -0.343. The molecule has 0 aliphatic rings. The first kappa shape index (κ1) is 14.7. The molecule has 88 valence electrons. The summed E-state index contributed by atoms with van der Waals surface area (Å²) < 4.78 is 5.11. The van der Waals surface area contributed by atoms with Crippen molar-refractivity contribution in [1.82, 2.24) is 0 Å². The molecule has 0 atom stereocenters.